The minimum Gasteiger partial charge on any atom is -0.335 e. The van der Waals surface area contributed by atoms with Gasteiger partial charge in [0.15, 0.2) is 5.17 Å². The van der Waals surface area contributed by atoms with E-state index in [1.807, 2.05) is 0 Å². The number of nitrogens with zero attached hydrogens (tertiary/aromatic N) is 2. The molecule has 2 atom stereocenters. The van der Waals surface area contributed by atoms with Gasteiger partial charge in [0.05, 0.1) is 11.3 Å². The van der Waals surface area contributed by atoms with Gasteiger partial charge in [-0.05, 0) is 45.1 Å². The van der Waals surface area contributed by atoms with Crippen molar-refractivity contribution in [3.05, 3.63) is 35.4 Å². The molecular weight excluding hydrogens is 420 g/mol. The number of amidine groups is 1. The summed E-state index contributed by atoms with van der Waals surface area (Å²) >= 11 is 1.52. The van der Waals surface area contributed by atoms with Gasteiger partial charge < -0.3 is 10.6 Å². The molecule has 0 aromatic heterocycles. The average Bonchev–Trinajstić information content (AvgIpc) is 3.11. The summed E-state index contributed by atoms with van der Waals surface area (Å²) in [5, 5.41) is 6.84. The number of hydrogen-bond donors (Lipinski definition) is 2. The number of aliphatic imine (C=N–C) groups is 1. The van der Waals surface area contributed by atoms with E-state index < -0.39 is 0 Å². The van der Waals surface area contributed by atoms with E-state index in [0.29, 0.717) is 5.17 Å². The first-order chi connectivity index (χ1) is 15.5. The number of urea groups is 2. The van der Waals surface area contributed by atoms with E-state index in [9.17, 15) is 9.59 Å². The van der Waals surface area contributed by atoms with Gasteiger partial charge >= 0.3 is 12.1 Å². The first kappa shape index (κ1) is 23.1. The second-order valence-corrected chi connectivity index (χ2v) is 10.6. The van der Waals surface area contributed by atoms with Crippen LogP contribution in [0.15, 0.2) is 29.3 Å². The van der Waals surface area contributed by atoms with Crippen LogP contribution >= 0.6 is 11.8 Å². The molecule has 3 aliphatic rings. The van der Waals surface area contributed by atoms with E-state index in [4.69, 9.17) is 0 Å². The second-order valence-electron chi connectivity index (χ2n) is 9.52. The molecule has 0 radical (unpaired) electrons. The molecule has 0 spiro atoms. The van der Waals surface area contributed by atoms with Crippen molar-refractivity contribution >= 4 is 29.0 Å². The van der Waals surface area contributed by atoms with Crippen LogP contribution in [0.1, 0.15) is 87.5 Å². The van der Waals surface area contributed by atoms with Crippen molar-refractivity contribution in [3.8, 4) is 0 Å². The predicted molar refractivity (Wildman–Crippen MR) is 131 cm³/mol. The SMILES string of the molecule is Cc1ccc([C@@H]2SC(=NC(=O)NC3CCCCC3)N(C(=O)NC3CCCCC3)[C@H]2C)cc1. The molecule has 1 heterocycles. The van der Waals surface area contributed by atoms with Crippen LogP contribution in [0.2, 0.25) is 0 Å². The van der Waals surface area contributed by atoms with Crippen LogP contribution in [0.3, 0.4) is 0 Å². The molecular formula is C25H36N4O2S. The van der Waals surface area contributed by atoms with Gasteiger partial charge in [-0.25, -0.2) is 9.59 Å². The summed E-state index contributed by atoms with van der Waals surface area (Å²) in [5.74, 6) is 0. The molecule has 0 unspecified atom stereocenters. The summed E-state index contributed by atoms with van der Waals surface area (Å²) in [5.41, 5.74) is 2.36. The van der Waals surface area contributed by atoms with Gasteiger partial charge in [0.2, 0.25) is 0 Å². The summed E-state index contributed by atoms with van der Waals surface area (Å²) in [7, 11) is 0. The molecule has 2 aliphatic carbocycles. The topological polar surface area (TPSA) is 73.8 Å². The average molecular weight is 457 g/mol. The monoisotopic (exact) mass is 456 g/mol. The van der Waals surface area contributed by atoms with Crippen LogP contribution in [0.4, 0.5) is 9.59 Å². The molecule has 1 aliphatic heterocycles. The molecule has 6 nitrogen and oxygen atoms in total. The maximum absolute atomic E-state index is 13.3. The highest BCUT2D eigenvalue weighted by Crippen LogP contribution is 2.43. The first-order valence-corrected chi connectivity index (χ1v) is 13.1. The Morgan fingerprint density at radius 3 is 2.06 bits per heavy atom. The Hall–Kier alpha value is -2.02. The number of rotatable bonds is 3. The molecule has 32 heavy (non-hydrogen) atoms. The molecule has 1 saturated heterocycles. The number of nitrogens with one attached hydrogen (secondary N) is 2. The number of hydrogen-bond acceptors (Lipinski definition) is 3. The van der Waals surface area contributed by atoms with Crippen LogP contribution < -0.4 is 10.6 Å². The summed E-state index contributed by atoms with van der Waals surface area (Å²) in [6.45, 7) is 4.13. The van der Waals surface area contributed by atoms with Gasteiger partial charge in [0.25, 0.3) is 0 Å². The standard InChI is InChI=1S/C25H36N4O2S/c1-17-13-15-19(16-14-17)22-18(2)29(24(31)27-21-11-7-4-8-12-21)25(32-22)28-23(30)26-20-9-5-3-6-10-20/h13-16,18,20-22H,3-12H2,1-2H3,(H,26,30)(H,27,31)/t18-,22+/m0/s1. The number of amides is 4. The Morgan fingerprint density at radius 2 is 1.47 bits per heavy atom. The lowest BCUT2D eigenvalue weighted by Gasteiger charge is -2.28. The fourth-order valence-corrected chi connectivity index (χ4v) is 6.40. The Bertz CT molecular complexity index is 829. The third kappa shape index (κ3) is 5.66. The molecule has 1 aromatic carbocycles. The van der Waals surface area contributed by atoms with E-state index in [2.05, 4.69) is 53.7 Å². The van der Waals surface area contributed by atoms with Crippen molar-refractivity contribution < 1.29 is 9.59 Å². The van der Waals surface area contributed by atoms with Gasteiger partial charge in [0, 0.05) is 12.1 Å². The summed E-state index contributed by atoms with van der Waals surface area (Å²) in [6, 6.07) is 8.29. The molecule has 0 bridgehead atoms. The molecule has 3 fully saturated rings. The zero-order valence-corrected chi connectivity index (χ0v) is 20.1. The van der Waals surface area contributed by atoms with Crippen molar-refractivity contribution in [1.29, 1.82) is 0 Å². The van der Waals surface area contributed by atoms with Crippen LogP contribution in [0.25, 0.3) is 0 Å². The van der Waals surface area contributed by atoms with Crippen LogP contribution in [0, 0.1) is 6.92 Å². The zero-order chi connectivity index (χ0) is 22.5. The van der Waals surface area contributed by atoms with E-state index in [1.165, 1.54) is 30.2 Å². The van der Waals surface area contributed by atoms with Crippen molar-refractivity contribution in [2.45, 2.75) is 101 Å². The maximum Gasteiger partial charge on any atom is 0.343 e. The largest absolute Gasteiger partial charge is 0.343 e. The van der Waals surface area contributed by atoms with Crippen molar-refractivity contribution in [2.75, 3.05) is 0 Å². The van der Waals surface area contributed by atoms with E-state index in [0.717, 1.165) is 56.9 Å². The molecule has 4 rings (SSSR count). The Labute approximate surface area is 196 Å². The predicted octanol–water partition coefficient (Wildman–Crippen LogP) is 5.91. The summed E-state index contributed by atoms with van der Waals surface area (Å²) in [6.07, 6.45) is 11.2. The molecule has 2 N–H and O–H groups in total. The van der Waals surface area contributed by atoms with E-state index in [1.54, 1.807) is 4.90 Å². The van der Waals surface area contributed by atoms with Crippen LogP contribution in [0.5, 0.6) is 0 Å². The normalized spacial score (nSPS) is 26.3. The van der Waals surface area contributed by atoms with Gasteiger partial charge in [-0.3, -0.25) is 4.90 Å². The van der Waals surface area contributed by atoms with Crippen LogP contribution in [-0.2, 0) is 0 Å². The molecule has 4 amide bonds. The molecule has 7 heteroatoms. The summed E-state index contributed by atoms with van der Waals surface area (Å²) < 4.78 is 0. The second kappa shape index (κ2) is 10.7. The van der Waals surface area contributed by atoms with E-state index in [-0.39, 0.29) is 35.4 Å². The number of benzene rings is 1. The smallest absolute Gasteiger partial charge is 0.335 e. The van der Waals surface area contributed by atoms with Gasteiger partial charge in [0.1, 0.15) is 0 Å². The third-order valence-corrected chi connectivity index (χ3v) is 8.39. The minimum atomic E-state index is -0.327. The first-order valence-electron chi connectivity index (χ1n) is 12.2. The highest BCUT2D eigenvalue weighted by molar-refractivity contribution is 8.14. The van der Waals surface area contributed by atoms with Gasteiger partial charge in [-0.15, -0.1) is 0 Å². The number of carbonyl (C=O) groups is 2. The minimum absolute atomic E-state index is 0.0499. The third-order valence-electron chi connectivity index (χ3n) is 6.97. The Balaban J connectivity index is 1.52. The molecule has 2 saturated carbocycles. The quantitative estimate of drug-likeness (QED) is 0.593. The van der Waals surface area contributed by atoms with E-state index >= 15 is 0 Å². The maximum atomic E-state index is 13.3. The molecule has 174 valence electrons. The van der Waals surface area contributed by atoms with Crippen molar-refractivity contribution in [3.63, 3.8) is 0 Å². The lowest BCUT2D eigenvalue weighted by molar-refractivity contribution is 0.204. The lowest BCUT2D eigenvalue weighted by Crippen LogP contribution is -2.49. The number of carbonyl (C=O) groups excluding carboxylic acids is 2. The highest BCUT2D eigenvalue weighted by Gasteiger charge is 2.42. The zero-order valence-electron chi connectivity index (χ0n) is 19.3. The van der Waals surface area contributed by atoms with Crippen molar-refractivity contribution in [1.82, 2.24) is 15.5 Å². The van der Waals surface area contributed by atoms with Gasteiger partial charge in [-0.2, -0.15) is 4.99 Å². The van der Waals surface area contributed by atoms with Crippen LogP contribution in [-0.4, -0.2) is 40.3 Å². The number of aryl methyl sites for hydroxylation is 1. The fraction of sp³-hybridized carbons (Fsp3) is 0.640. The summed E-state index contributed by atoms with van der Waals surface area (Å²) in [4.78, 5) is 32.2. The Morgan fingerprint density at radius 1 is 0.906 bits per heavy atom. The van der Waals surface area contributed by atoms with Gasteiger partial charge in [-0.1, -0.05) is 80.1 Å². The highest BCUT2D eigenvalue weighted by atomic mass is 32.2. The molecule has 1 aromatic rings. The van der Waals surface area contributed by atoms with Crippen molar-refractivity contribution in [2.24, 2.45) is 4.99 Å². The Kier molecular flexibility index (Phi) is 7.76. The fourth-order valence-electron chi connectivity index (χ4n) is 5.06. The lowest BCUT2D eigenvalue weighted by atomic mass is 9.96. The number of thioether (sulfide) groups is 1.